The maximum Gasteiger partial charge on any atom is 0.387 e. The molecule has 8 heteroatoms. The topological polar surface area (TPSA) is 37.8 Å². The van der Waals surface area contributed by atoms with Crippen molar-refractivity contribution < 1.29 is 18.3 Å². The minimum Gasteiger partial charge on any atom is -0.493 e. The van der Waals surface area contributed by atoms with Crippen LogP contribution in [0.15, 0.2) is 23.6 Å². The second-order valence-electron chi connectivity index (χ2n) is 5.55. The predicted octanol–water partition coefficient (Wildman–Crippen LogP) is 3.17. The average molecular weight is 355 g/mol. The van der Waals surface area contributed by atoms with Crippen molar-refractivity contribution in [2.45, 2.75) is 6.61 Å². The van der Waals surface area contributed by atoms with Crippen molar-refractivity contribution >= 4 is 16.5 Å². The molecule has 0 spiro atoms. The zero-order valence-electron chi connectivity index (χ0n) is 13.5. The highest BCUT2D eigenvalue weighted by Crippen LogP contribution is 2.35. The number of piperazine rings is 1. The van der Waals surface area contributed by atoms with Crippen LogP contribution in [0.5, 0.6) is 11.5 Å². The molecule has 0 saturated carbocycles. The first kappa shape index (κ1) is 16.9. The van der Waals surface area contributed by atoms with Crippen molar-refractivity contribution in [1.29, 1.82) is 0 Å². The van der Waals surface area contributed by atoms with Gasteiger partial charge >= 0.3 is 6.61 Å². The van der Waals surface area contributed by atoms with E-state index in [9.17, 15) is 8.78 Å². The van der Waals surface area contributed by atoms with Crippen LogP contribution in [0.3, 0.4) is 0 Å². The fourth-order valence-electron chi connectivity index (χ4n) is 2.56. The number of nitrogens with zero attached hydrogens (tertiary/aromatic N) is 3. The molecule has 130 valence electrons. The predicted molar refractivity (Wildman–Crippen MR) is 90.4 cm³/mol. The van der Waals surface area contributed by atoms with Crippen LogP contribution >= 0.6 is 11.3 Å². The van der Waals surface area contributed by atoms with E-state index < -0.39 is 6.61 Å². The monoisotopic (exact) mass is 355 g/mol. The molecular formula is C16H19F2N3O2S. The van der Waals surface area contributed by atoms with Gasteiger partial charge in [0.2, 0.25) is 0 Å². The molecule has 0 N–H and O–H groups in total. The molecule has 1 saturated heterocycles. The first-order valence-electron chi connectivity index (χ1n) is 7.59. The molecule has 1 aliphatic rings. The number of methoxy groups -OCH3 is 1. The van der Waals surface area contributed by atoms with Gasteiger partial charge in [-0.1, -0.05) is 0 Å². The first-order valence-corrected chi connectivity index (χ1v) is 8.47. The summed E-state index contributed by atoms with van der Waals surface area (Å²) in [5, 5.41) is 2.95. The van der Waals surface area contributed by atoms with Gasteiger partial charge < -0.3 is 19.3 Å². The molecule has 0 radical (unpaired) electrons. The molecule has 2 aromatic rings. The maximum atomic E-state index is 12.4. The summed E-state index contributed by atoms with van der Waals surface area (Å²) >= 11 is 1.58. The van der Waals surface area contributed by atoms with E-state index in [1.54, 1.807) is 23.5 Å². The molecule has 1 aromatic carbocycles. The van der Waals surface area contributed by atoms with Crippen LogP contribution in [0.1, 0.15) is 0 Å². The third-order valence-corrected chi connectivity index (χ3v) is 4.84. The standard InChI is InChI=1S/C16H19F2N3O2S/c1-20-5-7-21(8-6-20)16-19-12(10-24-16)11-3-4-13(23-15(17)18)14(9-11)22-2/h3-4,9-10,15H,5-8H2,1-2H3. The lowest BCUT2D eigenvalue weighted by Crippen LogP contribution is -2.44. The molecule has 0 bridgehead atoms. The summed E-state index contributed by atoms with van der Waals surface area (Å²) in [5.74, 6) is 0.285. The van der Waals surface area contributed by atoms with Crippen molar-refractivity contribution in [3.8, 4) is 22.8 Å². The summed E-state index contributed by atoms with van der Waals surface area (Å²) < 4.78 is 34.4. The molecule has 0 atom stereocenters. The fraction of sp³-hybridized carbons (Fsp3) is 0.438. The Balaban J connectivity index is 1.79. The van der Waals surface area contributed by atoms with E-state index in [2.05, 4.69) is 26.6 Å². The maximum absolute atomic E-state index is 12.4. The quantitative estimate of drug-likeness (QED) is 0.824. The normalized spacial score (nSPS) is 15.8. The van der Waals surface area contributed by atoms with Crippen LogP contribution in [-0.4, -0.2) is 56.8 Å². The minimum absolute atomic E-state index is 0.0192. The fourth-order valence-corrected chi connectivity index (χ4v) is 3.45. The number of rotatable bonds is 5. The number of hydrogen-bond acceptors (Lipinski definition) is 6. The molecular weight excluding hydrogens is 336 g/mol. The summed E-state index contributed by atoms with van der Waals surface area (Å²) in [5.41, 5.74) is 1.61. The Labute approximate surface area is 143 Å². The number of halogens is 2. The van der Waals surface area contributed by atoms with Gasteiger partial charge in [0.05, 0.1) is 12.8 Å². The molecule has 3 rings (SSSR count). The highest BCUT2D eigenvalue weighted by Gasteiger charge is 2.18. The Bertz CT molecular complexity index is 688. The second kappa shape index (κ2) is 7.31. The second-order valence-corrected chi connectivity index (χ2v) is 6.39. The van der Waals surface area contributed by atoms with E-state index in [0.29, 0.717) is 0 Å². The molecule has 2 heterocycles. The van der Waals surface area contributed by atoms with Crippen LogP contribution < -0.4 is 14.4 Å². The molecule has 0 unspecified atom stereocenters. The molecule has 1 aliphatic heterocycles. The molecule has 1 fully saturated rings. The van der Waals surface area contributed by atoms with Crippen molar-refractivity contribution in [2.24, 2.45) is 0 Å². The smallest absolute Gasteiger partial charge is 0.387 e. The van der Waals surface area contributed by atoms with Crippen LogP contribution in [0.2, 0.25) is 0 Å². The number of aromatic nitrogens is 1. The number of alkyl halides is 2. The largest absolute Gasteiger partial charge is 0.493 e. The Hall–Kier alpha value is -1.93. The van der Waals surface area contributed by atoms with Crippen LogP contribution in [0.4, 0.5) is 13.9 Å². The molecule has 24 heavy (non-hydrogen) atoms. The van der Waals surface area contributed by atoms with Crippen molar-refractivity contribution in [1.82, 2.24) is 9.88 Å². The summed E-state index contributed by atoms with van der Waals surface area (Å²) in [6.45, 7) is 1.06. The third-order valence-electron chi connectivity index (χ3n) is 3.94. The van der Waals surface area contributed by atoms with Gasteiger partial charge in [-0.25, -0.2) is 4.98 Å². The highest BCUT2D eigenvalue weighted by molar-refractivity contribution is 7.14. The number of anilines is 1. The Morgan fingerprint density at radius 1 is 1.17 bits per heavy atom. The lowest BCUT2D eigenvalue weighted by Gasteiger charge is -2.32. The first-order chi connectivity index (χ1) is 11.6. The number of thiazole rings is 1. The van der Waals surface area contributed by atoms with E-state index in [1.807, 2.05) is 5.38 Å². The van der Waals surface area contributed by atoms with Crippen molar-refractivity contribution in [2.75, 3.05) is 45.2 Å². The minimum atomic E-state index is -2.88. The van der Waals surface area contributed by atoms with Gasteiger partial charge in [0.1, 0.15) is 0 Å². The zero-order valence-corrected chi connectivity index (χ0v) is 14.4. The molecule has 5 nitrogen and oxygen atoms in total. The zero-order chi connectivity index (χ0) is 17.1. The van der Waals surface area contributed by atoms with Crippen molar-refractivity contribution in [3.63, 3.8) is 0 Å². The number of hydrogen-bond donors (Lipinski definition) is 0. The SMILES string of the molecule is COc1cc(-c2csc(N3CCN(C)CC3)n2)ccc1OC(F)F. The van der Waals surface area contributed by atoms with E-state index >= 15 is 0 Å². The van der Waals surface area contributed by atoms with Gasteiger partial charge in [0.25, 0.3) is 0 Å². The van der Waals surface area contributed by atoms with E-state index in [-0.39, 0.29) is 11.5 Å². The average Bonchev–Trinajstić information content (AvgIpc) is 3.05. The van der Waals surface area contributed by atoms with Crippen molar-refractivity contribution in [3.05, 3.63) is 23.6 Å². The van der Waals surface area contributed by atoms with E-state index in [1.165, 1.54) is 13.2 Å². The van der Waals surface area contributed by atoms with Gasteiger partial charge in [0, 0.05) is 37.1 Å². The third kappa shape index (κ3) is 3.76. The van der Waals surface area contributed by atoms with E-state index in [4.69, 9.17) is 4.74 Å². The lowest BCUT2D eigenvalue weighted by atomic mass is 10.1. The van der Waals surface area contributed by atoms with Gasteiger partial charge in [-0.3, -0.25) is 0 Å². The van der Waals surface area contributed by atoms with E-state index in [0.717, 1.165) is 42.6 Å². The summed E-state index contributed by atoms with van der Waals surface area (Å²) in [6, 6.07) is 4.86. The lowest BCUT2D eigenvalue weighted by molar-refractivity contribution is -0.0512. The molecule has 1 aromatic heterocycles. The Kier molecular flexibility index (Phi) is 5.15. The summed E-state index contributed by atoms with van der Waals surface area (Å²) in [7, 11) is 3.54. The molecule has 0 aliphatic carbocycles. The van der Waals surface area contributed by atoms with Gasteiger partial charge in [-0.2, -0.15) is 8.78 Å². The van der Waals surface area contributed by atoms with Gasteiger partial charge in [-0.05, 0) is 25.2 Å². The van der Waals surface area contributed by atoms with Crippen LogP contribution in [0, 0.1) is 0 Å². The Morgan fingerprint density at radius 3 is 2.58 bits per heavy atom. The van der Waals surface area contributed by atoms with Crippen LogP contribution in [-0.2, 0) is 0 Å². The summed E-state index contributed by atoms with van der Waals surface area (Å²) in [6.07, 6.45) is 0. The van der Waals surface area contributed by atoms with Gasteiger partial charge in [0.15, 0.2) is 16.6 Å². The Morgan fingerprint density at radius 2 is 1.92 bits per heavy atom. The number of likely N-dealkylation sites (N-methyl/N-ethyl adjacent to an activating group) is 1. The highest BCUT2D eigenvalue weighted by atomic mass is 32.1. The van der Waals surface area contributed by atoms with Gasteiger partial charge in [-0.15, -0.1) is 11.3 Å². The molecule has 0 amide bonds. The van der Waals surface area contributed by atoms with Crippen LogP contribution in [0.25, 0.3) is 11.3 Å². The number of ether oxygens (including phenoxy) is 2. The number of benzene rings is 1. The summed E-state index contributed by atoms with van der Waals surface area (Å²) in [4.78, 5) is 9.23.